The fourth-order valence-electron chi connectivity index (χ4n) is 2.17. The van der Waals surface area contributed by atoms with E-state index in [4.69, 9.17) is 10.5 Å². The molecule has 0 saturated carbocycles. The molecule has 1 aromatic rings. The molecule has 1 amide bonds. The summed E-state index contributed by atoms with van der Waals surface area (Å²) in [5.41, 5.74) is 8.14. The molecule has 1 atom stereocenters. The van der Waals surface area contributed by atoms with Gasteiger partial charge in [-0.05, 0) is 44.0 Å². The summed E-state index contributed by atoms with van der Waals surface area (Å²) < 4.78 is 5.55. The topological polar surface area (TPSA) is 55.6 Å². The fourth-order valence-corrected chi connectivity index (χ4v) is 2.17. The Labute approximate surface area is 108 Å². The van der Waals surface area contributed by atoms with Crippen LogP contribution in [0.1, 0.15) is 29.3 Å². The van der Waals surface area contributed by atoms with Crippen molar-refractivity contribution in [3.8, 4) is 0 Å². The molecule has 1 aromatic carbocycles. The maximum Gasteiger partial charge on any atom is 0.253 e. The van der Waals surface area contributed by atoms with E-state index in [9.17, 15) is 4.79 Å². The number of aryl methyl sites for hydroxylation is 1. The number of ether oxygens (including phenoxy) is 1. The smallest absolute Gasteiger partial charge is 0.253 e. The Bertz CT molecular complexity index is 445. The van der Waals surface area contributed by atoms with Gasteiger partial charge >= 0.3 is 0 Å². The lowest BCUT2D eigenvalue weighted by Gasteiger charge is -2.22. The highest BCUT2D eigenvalue weighted by molar-refractivity contribution is 5.94. The number of anilines is 1. The summed E-state index contributed by atoms with van der Waals surface area (Å²) in [5.74, 6) is 0.0652. The SMILES string of the molecule is Cc1cc(C(=O)N2CCCOC(C)C2)ccc1N. The molecule has 0 aromatic heterocycles. The minimum absolute atomic E-state index is 0.0652. The molecule has 0 bridgehead atoms. The van der Waals surface area contributed by atoms with Crippen LogP contribution in [-0.4, -0.2) is 36.6 Å². The number of benzene rings is 1. The van der Waals surface area contributed by atoms with E-state index in [1.54, 1.807) is 12.1 Å². The molecule has 4 nitrogen and oxygen atoms in total. The second kappa shape index (κ2) is 5.40. The highest BCUT2D eigenvalue weighted by Crippen LogP contribution is 2.16. The van der Waals surface area contributed by atoms with Crippen LogP contribution < -0.4 is 5.73 Å². The Morgan fingerprint density at radius 2 is 2.28 bits per heavy atom. The van der Waals surface area contributed by atoms with Crippen molar-refractivity contribution in [1.82, 2.24) is 4.90 Å². The van der Waals surface area contributed by atoms with E-state index < -0.39 is 0 Å². The van der Waals surface area contributed by atoms with Gasteiger partial charge in [0, 0.05) is 30.9 Å². The zero-order chi connectivity index (χ0) is 13.1. The molecule has 0 radical (unpaired) electrons. The molecule has 98 valence electrons. The number of amides is 1. The molecule has 2 N–H and O–H groups in total. The number of carbonyl (C=O) groups excluding carboxylic acids is 1. The van der Waals surface area contributed by atoms with E-state index in [0.29, 0.717) is 12.1 Å². The minimum atomic E-state index is 0.0652. The average molecular weight is 248 g/mol. The molecular formula is C14H20N2O2. The number of rotatable bonds is 1. The second-order valence-electron chi connectivity index (χ2n) is 4.86. The lowest BCUT2D eigenvalue weighted by Crippen LogP contribution is -2.35. The minimum Gasteiger partial charge on any atom is -0.399 e. The largest absolute Gasteiger partial charge is 0.399 e. The van der Waals surface area contributed by atoms with Gasteiger partial charge in [0.25, 0.3) is 5.91 Å². The summed E-state index contributed by atoms with van der Waals surface area (Å²) in [4.78, 5) is 14.3. The van der Waals surface area contributed by atoms with E-state index in [1.807, 2.05) is 24.8 Å². The first kappa shape index (κ1) is 12.9. The van der Waals surface area contributed by atoms with Crippen LogP contribution in [0.25, 0.3) is 0 Å². The number of hydrogen-bond acceptors (Lipinski definition) is 3. The number of hydrogen-bond donors (Lipinski definition) is 1. The van der Waals surface area contributed by atoms with Crippen molar-refractivity contribution in [2.45, 2.75) is 26.4 Å². The van der Waals surface area contributed by atoms with Crippen molar-refractivity contribution in [2.75, 3.05) is 25.4 Å². The third-order valence-electron chi connectivity index (χ3n) is 3.26. The predicted octanol–water partition coefficient (Wildman–Crippen LogP) is 1.83. The first-order valence-corrected chi connectivity index (χ1v) is 6.35. The summed E-state index contributed by atoms with van der Waals surface area (Å²) in [6, 6.07) is 5.44. The number of nitrogens with two attached hydrogens (primary N) is 1. The van der Waals surface area contributed by atoms with Crippen molar-refractivity contribution < 1.29 is 9.53 Å². The third-order valence-corrected chi connectivity index (χ3v) is 3.26. The summed E-state index contributed by atoms with van der Waals surface area (Å²) in [6.45, 7) is 6.06. The van der Waals surface area contributed by atoms with Crippen LogP contribution in [0.4, 0.5) is 5.69 Å². The molecule has 0 aliphatic carbocycles. The lowest BCUT2D eigenvalue weighted by molar-refractivity contribution is 0.0562. The van der Waals surface area contributed by atoms with Crippen LogP contribution >= 0.6 is 0 Å². The summed E-state index contributed by atoms with van der Waals surface area (Å²) in [5, 5.41) is 0. The van der Waals surface area contributed by atoms with Gasteiger partial charge in [0.15, 0.2) is 0 Å². The van der Waals surface area contributed by atoms with Crippen molar-refractivity contribution in [1.29, 1.82) is 0 Å². The average Bonchev–Trinajstić information content (AvgIpc) is 2.56. The van der Waals surface area contributed by atoms with E-state index >= 15 is 0 Å². The maximum atomic E-state index is 12.4. The van der Waals surface area contributed by atoms with Crippen molar-refractivity contribution >= 4 is 11.6 Å². The first-order valence-electron chi connectivity index (χ1n) is 6.35. The molecule has 1 aliphatic rings. The Morgan fingerprint density at radius 1 is 1.50 bits per heavy atom. The van der Waals surface area contributed by atoms with Crippen LogP contribution in [0.15, 0.2) is 18.2 Å². The molecule has 0 spiro atoms. The van der Waals surface area contributed by atoms with E-state index in [2.05, 4.69) is 0 Å². The van der Waals surface area contributed by atoms with Gasteiger partial charge in [-0.1, -0.05) is 0 Å². The third kappa shape index (κ3) is 2.82. The van der Waals surface area contributed by atoms with Gasteiger partial charge in [-0.2, -0.15) is 0 Å². The summed E-state index contributed by atoms with van der Waals surface area (Å²) in [7, 11) is 0. The first-order chi connectivity index (χ1) is 8.58. The molecule has 1 fully saturated rings. The van der Waals surface area contributed by atoms with E-state index in [0.717, 1.165) is 30.8 Å². The normalized spacial score (nSPS) is 20.6. The second-order valence-corrected chi connectivity index (χ2v) is 4.86. The molecular weight excluding hydrogens is 228 g/mol. The molecule has 1 aliphatic heterocycles. The molecule has 2 rings (SSSR count). The van der Waals surface area contributed by atoms with Crippen molar-refractivity contribution in [2.24, 2.45) is 0 Å². The van der Waals surface area contributed by atoms with E-state index in [1.165, 1.54) is 0 Å². The standard InChI is InChI=1S/C14H20N2O2/c1-10-8-12(4-5-13(10)15)14(17)16-6-3-7-18-11(2)9-16/h4-5,8,11H,3,6-7,9,15H2,1-2H3. The van der Waals surface area contributed by atoms with Gasteiger partial charge in [-0.3, -0.25) is 4.79 Å². The number of carbonyl (C=O) groups is 1. The van der Waals surface area contributed by atoms with Crippen molar-refractivity contribution in [3.63, 3.8) is 0 Å². The van der Waals surface area contributed by atoms with Crippen molar-refractivity contribution in [3.05, 3.63) is 29.3 Å². The summed E-state index contributed by atoms with van der Waals surface area (Å²) >= 11 is 0. The Balaban J connectivity index is 2.16. The van der Waals surface area contributed by atoms with Gasteiger partial charge in [-0.25, -0.2) is 0 Å². The van der Waals surface area contributed by atoms with Gasteiger partial charge in [0.1, 0.15) is 0 Å². The van der Waals surface area contributed by atoms with Crippen LogP contribution in [0.3, 0.4) is 0 Å². The Kier molecular flexibility index (Phi) is 3.87. The Hall–Kier alpha value is -1.55. The van der Waals surface area contributed by atoms with Crippen LogP contribution in [0.2, 0.25) is 0 Å². The molecule has 1 heterocycles. The molecule has 1 saturated heterocycles. The molecule has 1 unspecified atom stereocenters. The zero-order valence-corrected chi connectivity index (χ0v) is 11.0. The molecule has 4 heteroatoms. The lowest BCUT2D eigenvalue weighted by atomic mass is 10.1. The summed E-state index contributed by atoms with van der Waals surface area (Å²) in [6.07, 6.45) is 0.996. The zero-order valence-electron chi connectivity index (χ0n) is 11.0. The maximum absolute atomic E-state index is 12.4. The van der Waals surface area contributed by atoms with Gasteiger partial charge < -0.3 is 15.4 Å². The van der Waals surface area contributed by atoms with Gasteiger partial charge in [-0.15, -0.1) is 0 Å². The molecule has 18 heavy (non-hydrogen) atoms. The monoisotopic (exact) mass is 248 g/mol. The van der Waals surface area contributed by atoms with Gasteiger partial charge in [0.05, 0.1) is 6.10 Å². The number of nitrogens with zero attached hydrogens (tertiary/aromatic N) is 1. The predicted molar refractivity (Wildman–Crippen MR) is 71.5 cm³/mol. The van der Waals surface area contributed by atoms with Crippen LogP contribution in [0.5, 0.6) is 0 Å². The highest BCUT2D eigenvalue weighted by Gasteiger charge is 2.21. The highest BCUT2D eigenvalue weighted by atomic mass is 16.5. The van der Waals surface area contributed by atoms with Gasteiger partial charge in [0.2, 0.25) is 0 Å². The van der Waals surface area contributed by atoms with E-state index in [-0.39, 0.29) is 12.0 Å². The van der Waals surface area contributed by atoms with Crippen LogP contribution in [-0.2, 0) is 4.74 Å². The van der Waals surface area contributed by atoms with Crippen LogP contribution in [0, 0.1) is 6.92 Å². The fraction of sp³-hybridized carbons (Fsp3) is 0.500. The Morgan fingerprint density at radius 3 is 3.00 bits per heavy atom. The quantitative estimate of drug-likeness (QED) is 0.771. The number of nitrogen functional groups attached to an aromatic ring is 1.